The molecule has 116 valence electrons. The van der Waals surface area contributed by atoms with Gasteiger partial charge in [0.25, 0.3) is 11.8 Å². The maximum absolute atomic E-state index is 12.2. The standard InChI is InChI=1S/C16H18N2O4/c19-11-7-5-10(6-8-11)17-14(20)9-18-15(21)12-3-1-2-4-13(12)16(18)22/h1-4,10-11,19H,5-9H2,(H,17,20). The maximum atomic E-state index is 12.2. The van der Waals surface area contributed by atoms with Gasteiger partial charge in [0.2, 0.25) is 5.91 Å². The van der Waals surface area contributed by atoms with E-state index in [2.05, 4.69) is 5.32 Å². The molecule has 1 saturated carbocycles. The van der Waals surface area contributed by atoms with Crippen molar-refractivity contribution in [3.8, 4) is 0 Å². The summed E-state index contributed by atoms with van der Waals surface area (Å²) in [6.45, 7) is -0.259. The molecule has 0 saturated heterocycles. The van der Waals surface area contributed by atoms with Crippen molar-refractivity contribution in [1.82, 2.24) is 10.2 Å². The molecule has 0 aromatic heterocycles. The maximum Gasteiger partial charge on any atom is 0.262 e. The highest BCUT2D eigenvalue weighted by molar-refractivity contribution is 6.22. The van der Waals surface area contributed by atoms with Crippen LogP contribution in [0.1, 0.15) is 46.4 Å². The monoisotopic (exact) mass is 302 g/mol. The van der Waals surface area contributed by atoms with Gasteiger partial charge in [0, 0.05) is 6.04 Å². The van der Waals surface area contributed by atoms with Crippen LogP contribution in [0.5, 0.6) is 0 Å². The van der Waals surface area contributed by atoms with E-state index < -0.39 is 11.8 Å². The van der Waals surface area contributed by atoms with Crippen molar-refractivity contribution in [2.45, 2.75) is 37.8 Å². The summed E-state index contributed by atoms with van der Waals surface area (Å²) in [5.74, 6) is -1.18. The van der Waals surface area contributed by atoms with Gasteiger partial charge in [0.15, 0.2) is 0 Å². The number of amides is 3. The topological polar surface area (TPSA) is 86.7 Å². The minimum Gasteiger partial charge on any atom is -0.393 e. The number of nitrogens with zero attached hydrogens (tertiary/aromatic N) is 1. The van der Waals surface area contributed by atoms with Crippen LogP contribution in [0, 0.1) is 0 Å². The van der Waals surface area contributed by atoms with Gasteiger partial charge in [-0.05, 0) is 37.8 Å². The van der Waals surface area contributed by atoms with Gasteiger partial charge in [-0.15, -0.1) is 0 Å². The van der Waals surface area contributed by atoms with Gasteiger partial charge in [-0.1, -0.05) is 12.1 Å². The predicted octanol–water partition coefficient (Wildman–Crippen LogP) is 0.702. The highest BCUT2D eigenvalue weighted by Gasteiger charge is 2.36. The van der Waals surface area contributed by atoms with E-state index in [4.69, 9.17) is 0 Å². The highest BCUT2D eigenvalue weighted by atomic mass is 16.3. The van der Waals surface area contributed by atoms with Crippen LogP contribution in [0.2, 0.25) is 0 Å². The van der Waals surface area contributed by atoms with E-state index >= 15 is 0 Å². The number of nitrogens with one attached hydrogen (secondary N) is 1. The molecule has 1 aliphatic heterocycles. The van der Waals surface area contributed by atoms with E-state index in [0.717, 1.165) is 17.7 Å². The lowest BCUT2D eigenvalue weighted by Gasteiger charge is -2.26. The van der Waals surface area contributed by atoms with E-state index in [1.807, 2.05) is 0 Å². The Hall–Kier alpha value is -2.21. The van der Waals surface area contributed by atoms with Crippen LogP contribution in [0.15, 0.2) is 24.3 Å². The molecule has 22 heavy (non-hydrogen) atoms. The Labute approximate surface area is 128 Å². The lowest BCUT2D eigenvalue weighted by molar-refractivity contribution is -0.122. The number of imide groups is 1. The minimum atomic E-state index is -0.421. The Morgan fingerprint density at radius 1 is 1.09 bits per heavy atom. The third-order valence-electron chi connectivity index (χ3n) is 4.24. The molecule has 0 radical (unpaired) electrons. The molecule has 0 bridgehead atoms. The van der Waals surface area contributed by atoms with E-state index in [0.29, 0.717) is 24.0 Å². The van der Waals surface area contributed by atoms with Crippen molar-refractivity contribution in [2.75, 3.05) is 6.54 Å². The molecule has 1 heterocycles. The van der Waals surface area contributed by atoms with Crippen molar-refractivity contribution in [2.24, 2.45) is 0 Å². The molecule has 0 atom stereocenters. The fourth-order valence-electron chi connectivity index (χ4n) is 3.02. The number of aliphatic hydroxyl groups is 1. The Balaban J connectivity index is 1.61. The average Bonchev–Trinajstić information content (AvgIpc) is 2.75. The molecule has 1 aliphatic carbocycles. The Bertz CT molecular complexity index is 585. The molecule has 6 nitrogen and oxygen atoms in total. The zero-order valence-corrected chi connectivity index (χ0v) is 12.1. The van der Waals surface area contributed by atoms with Crippen molar-refractivity contribution in [3.63, 3.8) is 0 Å². The first-order valence-corrected chi connectivity index (χ1v) is 7.49. The lowest BCUT2D eigenvalue weighted by atomic mass is 9.93. The molecule has 3 rings (SSSR count). The number of benzene rings is 1. The summed E-state index contributed by atoms with van der Waals surface area (Å²) in [5.41, 5.74) is 0.696. The van der Waals surface area contributed by atoms with E-state index in [-0.39, 0.29) is 24.6 Å². The first-order valence-electron chi connectivity index (χ1n) is 7.49. The second-order valence-electron chi connectivity index (χ2n) is 5.81. The summed E-state index contributed by atoms with van der Waals surface area (Å²) in [4.78, 5) is 37.4. The summed E-state index contributed by atoms with van der Waals surface area (Å²) >= 11 is 0. The van der Waals surface area contributed by atoms with Gasteiger partial charge in [0.05, 0.1) is 17.2 Å². The summed E-state index contributed by atoms with van der Waals surface area (Å²) in [6.07, 6.45) is 2.48. The van der Waals surface area contributed by atoms with Gasteiger partial charge in [-0.3, -0.25) is 19.3 Å². The minimum absolute atomic E-state index is 0.00563. The first-order chi connectivity index (χ1) is 10.6. The van der Waals surface area contributed by atoms with Gasteiger partial charge in [0.1, 0.15) is 6.54 Å². The van der Waals surface area contributed by atoms with E-state index in [1.54, 1.807) is 24.3 Å². The first kappa shape index (κ1) is 14.7. The summed E-state index contributed by atoms with van der Waals surface area (Å²) in [5, 5.41) is 12.3. The smallest absolute Gasteiger partial charge is 0.262 e. The molecule has 6 heteroatoms. The van der Waals surface area contributed by atoms with Crippen molar-refractivity contribution < 1.29 is 19.5 Å². The molecular weight excluding hydrogens is 284 g/mol. The van der Waals surface area contributed by atoms with Crippen molar-refractivity contribution in [1.29, 1.82) is 0 Å². The number of carbonyl (C=O) groups excluding carboxylic acids is 3. The average molecular weight is 302 g/mol. The van der Waals surface area contributed by atoms with Gasteiger partial charge < -0.3 is 10.4 Å². The molecule has 2 aliphatic rings. The fraction of sp³-hybridized carbons (Fsp3) is 0.438. The Morgan fingerprint density at radius 3 is 2.18 bits per heavy atom. The number of fused-ring (bicyclic) bond motifs is 1. The van der Waals surface area contributed by atoms with Crippen LogP contribution in [-0.2, 0) is 4.79 Å². The van der Waals surface area contributed by atoms with E-state index in [9.17, 15) is 19.5 Å². The van der Waals surface area contributed by atoms with Crippen LogP contribution in [0.4, 0.5) is 0 Å². The fourth-order valence-corrected chi connectivity index (χ4v) is 3.02. The molecule has 3 amide bonds. The molecule has 0 spiro atoms. The largest absolute Gasteiger partial charge is 0.393 e. The normalized spacial score (nSPS) is 24.3. The summed E-state index contributed by atoms with van der Waals surface area (Å²) in [6, 6.07) is 6.58. The SMILES string of the molecule is O=C(CN1C(=O)c2ccccc2C1=O)NC1CCC(O)CC1. The Kier molecular flexibility index (Phi) is 3.94. The summed E-state index contributed by atoms with van der Waals surface area (Å²) < 4.78 is 0. The number of carbonyl (C=O) groups is 3. The van der Waals surface area contributed by atoms with Crippen LogP contribution in [-0.4, -0.2) is 46.4 Å². The van der Waals surface area contributed by atoms with Crippen LogP contribution >= 0.6 is 0 Å². The molecular formula is C16H18N2O4. The van der Waals surface area contributed by atoms with Crippen molar-refractivity contribution in [3.05, 3.63) is 35.4 Å². The van der Waals surface area contributed by atoms with Gasteiger partial charge in [-0.2, -0.15) is 0 Å². The third-order valence-corrected chi connectivity index (χ3v) is 4.24. The van der Waals surface area contributed by atoms with Crippen LogP contribution < -0.4 is 5.32 Å². The molecule has 2 N–H and O–H groups in total. The van der Waals surface area contributed by atoms with E-state index in [1.165, 1.54) is 0 Å². The number of hydrogen-bond donors (Lipinski definition) is 2. The zero-order valence-electron chi connectivity index (χ0n) is 12.1. The molecule has 1 fully saturated rings. The van der Waals surface area contributed by atoms with Crippen LogP contribution in [0.25, 0.3) is 0 Å². The molecule has 1 aromatic rings. The van der Waals surface area contributed by atoms with Gasteiger partial charge in [-0.25, -0.2) is 0 Å². The second-order valence-corrected chi connectivity index (χ2v) is 5.81. The second kappa shape index (κ2) is 5.88. The Morgan fingerprint density at radius 2 is 1.64 bits per heavy atom. The van der Waals surface area contributed by atoms with Crippen molar-refractivity contribution >= 4 is 17.7 Å². The lowest BCUT2D eigenvalue weighted by Crippen LogP contribution is -2.45. The number of hydrogen-bond acceptors (Lipinski definition) is 4. The number of aliphatic hydroxyl groups excluding tert-OH is 1. The highest BCUT2D eigenvalue weighted by Crippen LogP contribution is 2.22. The number of rotatable bonds is 3. The molecule has 0 unspecified atom stereocenters. The van der Waals surface area contributed by atoms with Gasteiger partial charge >= 0.3 is 0 Å². The zero-order chi connectivity index (χ0) is 15.7. The van der Waals surface area contributed by atoms with Crippen LogP contribution in [0.3, 0.4) is 0 Å². The quantitative estimate of drug-likeness (QED) is 0.805. The molecule has 1 aromatic carbocycles. The summed E-state index contributed by atoms with van der Waals surface area (Å²) in [7, 11) is 0. The third kappa shape index (κ3) is 2.74. The predicted molar refractivity (Wildman–Crippen MR) is 78.2 cm³/mol.